The van der Waals surface area contributed by atoms with Gasteiger partial charge in [-0.05, 0) is 50.7 Å². The van der Waals surface area contributed by atoms with Gasteiger partial charge in [0, 0.05) is 17.5 Å². The molecule has 2 aromatic rings. The van der Waals surface area contributed by atoms with Gasteiger partial charge in [0.2, 0.25) is 0 Å². The molecule has 1 fully saturated rings. The lowest BCUT2D eigenvalue weighted by Crippen LogP contribution is -2.29. The van der Waals surface area contributed by atoms with Crippen LogP contribution < -0.4 is 0 Å². The molecule has 0 aliphatic carbocycles. The van der Waals surface area contributed by atoms with Crippen LogP contribution in [0.3, 0.4) is 0 Å². The number of aromatic nitrogens is 2. The molecule has 1 aliphatic heterocycles. The van der Waals surface area contributed by atoms with Gasteiger partial charge in [-0.15, -0.1) is 0 Å². The smallest absolute Gasteiger partial charge is 0.132 e. The number of hydrogen-bond acceptors (Lipinski definition) is 3. The van der Waals surface area contributed by atoms with Crippen molar-refractivity contribution in [2.45, 2.75) is 18.8 Å². The lowest BCUT2D eigenvalue weighted by molar-refractivity contribution is 0.251. The van der Waals surface area contributed by atoms with Crippen LogP contribution in [0.5, 0.6) is 0 Å². The maximum Gasteiger partial charge on any atom is 0.132 e. The van der Waals surface area contributed by atoms with E-state index in [1.54, 1.807) is 0 Å². The first-order chi connectivity index (χ1) is 9.26. The first kappa shape index (κ1) is 12.3. The minimum absolute atomic E-state index is 0.514. The van der Waals surface area contributed by atoms with Crippen LogP contribution in [0.15, 0.2) is 31.0 Å². The van der Waals surface area contributed by atoms with Crippen molar-refractivity contribution in [2.24, 2.45) is 0 Å². The summed E-state index contributed by atoms with van der Waals surface area (Å²) in [6, 6.07) is 6.20. The molecule has 0 radical (unpaired) electrons. The highest BCUT2D eigenvalue weighted by Gasteiger charge is 2.20. The fourth-order valence-electron chi connectivity index (χ4n) is 2.66. The molecule has 0 bridgehead atoms. The predicted octanol–water partition coefficient (Wildman–Crippen LogP) is 3.08. The average Bonchev–Trinajstić information content (AvgIpc) is 2.47. The van der Waals surface area contributed by atoms with Crippen LogP contribution in [0, 0.1) is 0 Å². The van der Waals surface area contributed by atoms with E-state index in [0.717, 1.165) is 48.2 Å². The Balaban J connectivity index is 1.91. The maximum absolute atomic E-state index is 4.74. The summed E-state index contributed by atoms with van der Waals surface area (Å²) >= 11 is 0. The SMILES string of the molecule is C=Cc1ccc2nc(C3CCN(C)CC3)ncc2c1. The third-order valence-electron chi connectivity index (χ3n) is 3.94. The van der Waals surface area contributed by atoms with Crippen LogP contribution in [0.4, 0.5) is 0 Å². The van der Waals surface area contributed by atoms with Crippen molar-refractivity contribution in [3.05, 3.63) is 42.4 Å². The van der Waals surface area contributed by atoms with Gasteiger partial charge in [0.25, 0.3) is 0 Å². The molecular weight excluding hydrogens is 234 g/mol. The van der Waals surface area contributed by atoms with Gasteiger partial charge in [-0.25, -0.2) is 9.97 Å². The zero-order valence-electron chi connectivity index (χ0n) is 11.3. The van der Waals surface area contributed by atoms with Gasteiger partial charge in [-0.1, -0.05) is 18.7 Å². The minimum Gasteiger partial charge on any atom is -0.306 e. The fraction of sp³-hybridized carbons (Fsp3) is 0.375. The number of hydrogen-bond donors (Lipinski definition) is 0. The maximum atomic E-state index is 4.74. The summed E-state index contributed by atoms with van der Waals surface area (Å²) in [5, 5.41) is 1.09. The molecule has 98 valence electrons. The molecule has 3 heteroatoms. The standard InChI is InChI=1S/C16H19N3/c1-3-12-4-5-15-14(10-12)11-17-16(18-15)13-6-8-19(2)9-7-13/h3-5,10-11,13H,1,6-9H2,2H3. The topological polar surface area (TPSA) is 29.0 Å². The molecule has 1 aliphatic rings. The Hall–Kier alpha value is -1.74. The summed E-state index contributed by atoms with van der Waals surface area (Å²) < 4.78 is 0. The highest BCUT2D eigenvalue weighted by atomic mass is 15.1. The Labute approximate surface area is 114 Å². The monoisotopic (exact) mass is 253 g/mol. The third-order valence-corrected chi connectivity index (χ3v) is 3.94. The lowest BCUT2D eigenvalue weighted by Gasteiger charge is -2.27. The third kappa shape index (κ3) is 2.51. The van der Waals surface area contributed by atoms with Crippen molar-refractivity contribution in [1.29, 1.82) is 0 Å². The van der Waals surface area contributed by atoms with E-state index in [1.165, 1.54) is 0 Å². The largest absolute Gasteiger partial charge is 0.306 e. The van der Waals surface area contributed by atoms with Crippen LogP contribution in [-0.4, -0.2) is 35.0 Å². The van der Waals surface area contributed by atoms with E-state index < -0.39 is 0 Å². The Morgan fingerprint density at radius 2 is 2.11 bits per heavy atom. The summed E-state index contributed by atoms with van der Waals surface area (Å²) in [6.07, 6.45) is 6.12. The van der Waals surface area contributed by atoms with E-state index in [9.17, 15) is 0 Å². The van der Waals surface area contributed by atoms with Gasteiger partial charge in [-0.3, -0.25) is 0 Å². The molecule has 1 saturated heterocycles. The highest BCUT2D eigenvalue weighted by molar-refractivity contribution is 5.80. The number of fused-ring (bicyclic) bond motifs is 1. The second-order valence-corrected chi connectivity index (χ2v) is 5.33. The van der Waals surface area contributed by atoms with Gasteiger partial charge < -0.3 is 4.90 Å². The molecule has 0 atom stereocenters. The van der Waals surface area contributed by atoms with Crippen molar-refractivity contribution < 1.29 is 0 Å². The van der Waals surface area contributed by atoms with E-state index in [4.69, 9.17) is 4.98 Å². The summed E-state index contributed by atoms with van der Waals surface area (Å²) in [5.41, 5.74) is 2.15. The van der Waals surface area contributed by atoms with E-state index in [1.807, 2.05) is 12.3 Å². The molecule has 2 heterocycles. The van der Waals surface area contributed by atoms with Crippen LogP contribution in [0.2, 0.25) is 0 Å². The minimum atomic E-state index is 0.514. The number of nitrogens with zero attached hydrogens (tertiary/aromatic N) is 3. The fourth-order valence-corrected chi connectivity index (χ4v) is 2.66. The van der Waals surface area contributed by atoms with Gasteiger partial charge in [0.05, 0.1) is 5.52 Å². The molecule has 0 amide bonds. The molecule has 19 heavy (non-hydrogen) atoms. The average molecular weight is 253 g/mol. The van der Waals surface area contributed by atoms with Crippen LogP contribution in [-0.2, 0) is 0 Å². The number of rotatable bonds is 2. The van der Waals surface area contributed by atoms with Crippen LogP contribution in [0.1, 0.15) is 30.1 Å². The normalized spacial score (nSPS) is 17.7. The Morgan fingerprint density at radius 1 is 1.32 bits per heavy atom. The van der Waals surface area contributed by atoms with Crippen molar-refractivity contribution in [2.75, 3.05) is 20.1 Å². The second kappa shape index (κ2) is 5.10. The first-order valence-corrected chi connectivity index (χ1v) is 6.84. The van der Waals surface area contributed by atoms with Crippen LogP contribution >= 0.6 is 0 Å². The van der Waals surface area contributed by atoms with Crippen LogP contribution in [0.25, 0.3) is 17.0 Å². The highest BCUT2D eigenvalue weighted by Crippen LogP contribution is 2.26. The predicted molar refractivity (Wildman–Crippen MR) is 79.1 cm³/mol. The quantitative estimate of drug-likeness (QED) is 0.823. The Kier molecular flexibility index (Phi) is 3.30. The van der Waals surface area contributed by atoms with E-state index in [0.29, 0.717) is 5.92 Å². The molecule has 1 aromatic carbocycles. The zero-order valence-corrected chi connectivity index (χ0v) is 11.3. The first-order valence-electron chi connectivity index (χ1n) is 6.84. The van der Waals surface area contributed by atoms with Gasteiger partial charge in [0.1, 0.15) is 5.82 Å². The molecular formula is C16H19N3. The van der Waals surface area contributed by atoms with Gasteiger partial charge in [-0.2, -0.15) is 0 Å². The molecule has 0 N–H and O–H groups in total. The summed E-state index contributed by atoms with van der Waals surface area (Å²) in [6.45, 7) is 6.07. The summed E-state index contributed by atoms with van der Waals surface area (Å²) in [7, 11) is 2.17. The number of piperidine rings is 1. The number of benzene rings is 1. The molecule has 0 saturated carbocycles. The Bertz CT molecular complexity index is 598. The van der Waals surface area contributed by atoms with Crippen molar-refractivity contribution >= 4 is 17.0 Å². The summed E-state index contributed by atoms with van der Waals surface area (Å²) in [4.78, 5) is 11.7. The van der Waals surface area contributed by atoms with Gasteiger partial charge in [0.15, 0.2) is 0 Å². The molecule has 1 aromatic heterocycles. The Morgan fingerprint density at radius 3 is 2.84 bits per heavy atom. The van der Waals surface area contributed by atoms with E-state index >= 15 is 0 Å². The van der Waals surface area contributed by atoms with Gasteiger partial charge >= 0.3 is 0 Å². The zero-order chi connectivity index (χ0) is 13.2. The molecule has 0 spiro atoms. The van der Waals surface area contributed by atoms with E-state index in [2.05, 4.69) is 41.7 Å². The lowest BCUT2D eigenvalue weighted by atomic mass is 9.96. The van der Waals surface area contributed by atoms with Crippen molar-refractivity contribution in [1.82, 2.24) is 14.9 Å². The van der Waals surface area contributed by atoms with E-state index in [-0.39, 0.29) is 0 Å². The molecule has 0 unspecified atom stereocenters. The molecule has 3 rings (SSSR count). The van der Waals surface area contributed by atoms with Crippen molar-refractivity contribution in [3.8, 4) is 0 Å². The molecule has 3 nitrogen and oxygen atoms in total. The summed E-state index contributed by atoms with van der Waals surface area (Å²) in [5.74, 6) is 1.52. The second-order valence-electron chi connectivity index (χ2n) is 5.33. The number of likely N-dealkylation sites (tertiary alicyclic amines) is 1. The van der Waals surface area contributed by atoms with Crippen molar-refractivity contribution in [3.63, 3.8) is 0 Å².